The van der Waals surface area contributed by atoms with Gasteiger partial charge in [0.2, 0.25) is 0 Å². The summed E-state index contributed by atoms with van der Waals surface area (Å²) in [5.41, 5.74) is 1.48. The highest BCUT2D eigenvalue weighted by Gasteiger charge is 2.43. The van der Waals surface area contributed by atoms with E-state index in [1.54, 1.807) is 0 Å². The lowest BCUT2D eigenvalue weighted by molar-refractivity contribution is 0.0367. The minimum absolute atomic E-state index is 0.118. The van der Waals surface area contributed by atoms with Gasteiger partial charge in [-0.2, -0.15) is 0 Å². The molecule has 24 heavy (non-hydrogen) atoms. The van der Waals surface area contributed by atoms with Crippen LogP contribution in [-0.2, 0) is 0 Å². The molecule has 0 amide bonds. The van der Waals surface area contributed by atoms with Crippen LogP contribution >= 0.6 is 0 Å². The van der Waals surface area contributed by atoms with Gasteiger partial charge in [-0.3, -0.25) is 0 Å². The topological polar surface area (TPSA) is 12.0 Å². The molecule has 0 saturated carbocycles. The maximum absolute atomic E-state index is 4.01. The van der Waals surface area contributed by atoms with Crippen LogP contribution in [0.2, 0.25) is 0 Å². The van der Waals surface area contributed by atoms with Gasteiger partial charge in [-0.15, -0.1) is 0 Å². The molecule has 0 aliphatic carbocycles. The summed E-state index contributed by atoms with van der Waals surface area (Å²) in [4.78, 5) is 0. The molecular weight excluding hydrogens is 290 g/mol. The Morgan fingerprint density at radius 2 is 0.833 bits per heavy atom. The molecule has 0 heterocycles. The fraction of sp³-hybridized carbons (Fsp3) is 1.00. The number of hydrogen-bond donors (Lipinski definition) is 1. The SMILES string of the molecule is CCC(C)(C)C(C)(C)CC(C)(C)NC(C)(C)CC(C)(C)C(C)(C)C. The largest absolute Gasteiger partial charge is 0.307 e. The van der Waals surface area contributed by atoms with E-state index >= 15 is 0 Å². The summed E-state index contributed by atoms with van der Waals surface area (Å²) in [6.07, 6.45) is 3.57. The molecular formula is C23H49N. The summed E-state index contributed by atoms with van der Waals surface area (Å²) < 4.78 is 0. The van der Waals surface area contributed by atoms with Crippen LogP contribution in [0.15, 0.2) is 0 Å². The molecule has 0 fully saturated rings. The molecule has 1 nitrogen and oxygen atoms in total. The predicted molar refractivity (Wildman–Crippen MR) is 112 cm³/mol. The molecule has 0 unspecified atom stereocenters. The Kier molecular flexibility index (Phi) is 6.92. The molecule has 0 bridgehead atoms. The molecule has 0 aromatic rings. The standard InChI is InChI=1S/C23H49N/c1-15-19(5,6)21(9,10)17-23(13,14)24-22(11,12)16-20(7,8)18(2,3)4/h24H,15-17H2,1-14H3. The third-order valence-electron chi connectivity index (χ3n) is 7.19. The van der Waals surface area contributed by atoms with Crippen molar-refractivity contribution >= 4 is 0 Å². The number of nitrogens with one attached hydrogen (secondary N) is 1. The third kappa shape index (κ3) is 6.36. The quantitative estimate of drug-likeness (QED) is 0.484. The molecule has 0 rings (SSSR count). The van der Waals surface area contributed by atoms with E-state index in [0.29, 0.717) is 16.2 Å². The Morgan fingerprint density at radius 3 is 1.12 bits per heavy atom. The van der Waals surface area contributed by atoms with Crippen LogP contribution in [0, 0.1) is 21.7 Å². The first-order valence-electron chi connectivity index (χ1n) is 9.97. The van der Waals surface area contributed by atoms with Crippen molar-refractivity contribution in [1.29, 1.82) is 0 Å². The van der Waals surface area contributed by atoms with Crippen molar-refractivity contribution in [2.24, 2.45) is 21.7 Å². The predicted octanol–water partition coefficient (Wildman–Crippen LogP) is 7.45. The van der Waals surface area contributed by atoms with Gasteiger partial charge >= 0.3 is 0 Å². The molecule has 0 spiro atoms. The zero-order chi connectivity index (χ0) is 19.8. The zero-order valence-corrected chi connectivity index (χ0v) is 19.6. The van der Waals surface area contributed by atoms with Crippen LogP contribution in [0.4, 0.5) is 0 Å². The summed E-state index contributed by atoms with van der Waals surface area (Å²) in [6.45, 7) is 33.4. The Labute approximate surface area is 154 Å². The summed E-state index contributed by atoms with van der Waals surface area (Å²) in [5.74, 6) is 0. The second-order valence-corrected chi connectivity index (χ2v) is 12.5. The van der Waals surface area contributed by atoms with Gasteiger partial charge < -0.3 is 5.32 Å². The van der Waals surface area contributed by atoms with E-state index in [-0.39, 0.29) is 16.5 Å². The summed E-state index contributed by atoms with van der Waals surface area (Å²) in [5, 5.41) is 4.01. The lowest BCUT2D eigenvalue weighted by atomic mass is 9.61. The van der Waals surface area contributed by atoms with Gasteiger partial charge in [0.25, 0.3) is 0 Å². The first kappa shape index (κ1) is 24.0. The van der Waals surface area contributed by atoms with E-state index < -0.39 is 0 Å². The monoisotopic (exact) mass is 339 g/mol. The fourth-order valence-corrected chi connectivity index (χ4v) is 4.20. The van der Waals surface area contributed by atoms with Crippen molar-refractivity contribution in [2.75, 3.05) is 0 Å². The second-order valence-electron chi connectivity index (χ2n) is 12.5. The van der Waals surface area contributed by atoms with Gasteiger partial charge in [0.1, 0.15) is 0 Å². The number of rotatable bonds is 8. The van der Waals surface area contributed by atoms with Gasteiger partial charge in [0.15, 0.2) is 0 Å². The Hall–Kier alpha value is -0.0400. The Morgan fingerprint density at radius 1 is 0.500 bits per heavy atom. The van der Waals surface area contributed by atoms with Gasteiger partial charge in [-0.25, -0.2) is 0 Å². The average Bonchev–Trinajstić information content (AvgIpc) is 2.21. The van der Waals surface area contributed by atoms with Gasteiger partial charge in [-0.1, -0.05) is 75.7 Å². The van der Waals surface area contributed by atoms with E-state index in [1.807, 2.05) is 0 Å². The fourth-order valence-electron chi connectivity index (χ4n) is 4.20. The summed E-state index contributed by atoms with van der Waals surface area (Å²) >= 11 is 0. The van der Waals surface area contributed by atoms with Crippen LogP contribution in [0.5, 0.6) is 0 Å². The van der Waals surface area contributed by atoms with Gasteiger partial charge in [0, 0.05) is 11.1 Å². The van der Waals surface area contributed by atoms with Crippen LogP contribution in [0.25, 0.3) is 0 Å². The molecule has 0 aliphatic rings. The van der Waals surface area contributed by atoms with Crippen molar-refractivity contribution in [1.82, 2.24) is 5.32 Å². The van der Waals surface area contributed by atoms with Crippen molar-refractivity contribution in [2.45, 2.75) is 127 Å². The van der Waals surface area contributed by atoms with Crippen LogP contribution in [0.1, 0.15) is 116 Å². The lowest BCUT2D eigenvalue weighted by Crippen LogP contribution is -2.57. The van der Waals surface area contributed by atoms with Crippen LogP contribution in [-0.4, -0.2) is 11.1 Å². The molecule has 0 aliphatic heterocycles. The number of hydrogen-bond acceptors (Lipinski definition) is 1. The maximum atomic E-state index is 4.01. The molecule has 1 N–H and O–H groups in total. The van der Waals surface area contributed by atoms with E-state index in [1.165, 1.54) is 19.3 Å². The normalized spacial score (nSPS) is 15.8. The van der Waals surface area contributed by atoms with Crippen LogP contribution < -0.4 is 5.32 Å². The van der Waals surface area contributed by atoms with E-state index in [2.05, 4.69) is 102 Å². The smallest absolute Gasteiger partial charge is 0.0135 e. The molecule has 0 aromatic heterocycles. The summed E-state index contributed by atoms with van der Waals surface area (Å²) in [6, 6.07) is 0. The highest BCUT2D eigenvalue weighted by Crippen LogP contribution is 2.47. The average molecular weight is 340 g/mol. The summed E-state index contributed by atoms with van der Waals surface area (Å²) in [7, 11) is 0. The lowest BCUT2D eigenvalue weighted by Gasteiger charge is -2.50. The third-order valence-corrected chi connectivity index (χ3v) is 7.19. The first-order valence-corrected chi connectivity index (χ1v) is 9.97. The highest BCUT2D eigenvalue weighted by atomic mass is 15.0. The minimum Gasteiger partial charge on any atom is -0.307 e. The highest BCUT2D eigenvalue weighted by molar-refractivity contribution is 4.98. The Balaban J connectivity index is 5.22. The van der Waals surface area contributed by atoms with Gasteiger partial charge in [-0.05, 0) is 62.2 Å². The van der Waals surface area contributed by atoms with Crippen molar-refractivity contribution < 1.29 is 0 Å². The van der Waals surface area contributed by atoms with E-state index in [0.717, 1.165) is 0 Å². The zero-order valence-electron chi connectivity index (χ0n) is 19.6. The van der Waals surface area contributed by atoms with Gasteiger partial charge in [0.05, 0.1) is 0 Å². The second kappa shape index (κ2) is 6.93. The van der Waals surface area contributed by atoms with Crippen molar-refractivity contribution in [3.8, 4) is 0 Å². The maximum Gasteiger partial charge on any atom is 0.0135 e. The molecule has 146 valence electrons. The van der Waals surface area contributed by atoms with Crippen molar-refractivity contribution in [3.05, 3.63) is 0 Å². The molecule has 0 aromatic carbocycles. The van der Waals surface area contributed by atoms with E-state index in [9.17, 15) is 0 Å². The van der Waals surface area contributed by atoms with E-state index in [4.69, 9.17) is 0 Å². The molecule has 0 radical (unpaired) electrons. The molecule has 0 atom stereocenters. The first-order chi connectivity index (χ1) is 10.2. The van der Waals surface area contributed by atoms with Crippen molar-refractivity contribution in [3.63, 3.8) is 0 Å². The Bertz CT molecular complexity index is 402. The molecule has 1 heteroatoms. The minimum atomic E-state index is 0.118. The molecule has 0 saturated heterocycles. The van der Waals surface area contributed by atoms with Crippen LogP contribution in [0.3, 0.4) is 0 Å².